The summed E-state index contributed by atoms with van der Waals surface area (Å²) in [5, 5.41) is 17.5. The molecule has 0 aromatic heterocycles. The standard InChI is InChI=1S/C6H12N2O4/c1-6(2,3)8(5(11)12)7-4(9)10/h7H,1-3H3,(H,9,10)(H,11,12). The maximum Gasteiger partial charge on any atom is 0.426 e. The van der Waals surface area contributed by atoms with Gasteiger partial charge in [0.2, 0.25) is 0 Å². The van der Waals surface area contributed by atoms with Gasteiger partial charge in [0.1, 0.15) is 0 Å². The quantitative estimate of drug-likeness (QED) is 0.479. The zero-order valence-electron chi connectivity index (χ0n) is 7.16. The topological polar surface area (TPSA) is 89.9 Å². The zero-order valence-corrected chi connectivity index (χ0v) is 7.16. The second kappa shape index (κ2) is 3.29. The van der Waals surface area contributed by atoms with Crippen LogP contribution in [0, 0.1) is 0 Å². The first kappa shape index (κ1) is 10.5. The highest BCUT2D eigenvalue weighted by molar-refractivity contribution is 5.72. The molecule has 6 heteroatoms. The van der Waals surface area contributed by atoms with Crippen LogP contribution in [-0.4, -0.2) is 32.9 Å². The third-order valence-electron chi connectivity index (χ3n) is 1.07. The third-order valence-corrected chi connectivity index (χ3v) is 1.07. The maximum atomic E-state index is 10.5. The fourth-order valence-corrected chi connectivity index (χ4v) is 0.598. The van der Waals surface area contributed by atoms with E-state index in [1.54, 1.807) is 26.2 Å². The highest BCUT2D eigenvalue weighted by Crippen LogP contribution is 2.09. The van der Waals surface area contributed by atoms with Gasteiger partial charge in [0.05, 0.1) is 5.54 Å². The number of nitrogens with one attached hydrogen (secondary N) is 1. The Labute approximate surface area is 69.8 Å². The first-order valence-corrected chi connectivity index (χ1v) is 3.28. The Morgan fingerprint density at radius 2 is 1.67 bits per heavy atom. The van der Waals surface area contributed by atoms with Crippen molar-refractivity contribution in [3.05, 3.63) is 0 Å². The SMILES string of the molecule is CC(C)(C)N(NC(=O)O)C(=O)O. The number of carboxylic acid groups (broad SMARTS) is 2. The van der Waals surface area contributed by atoms with Gasteiger partial charge >= 0.3 is 12.2 Å². The zero-order chi connectivity index (χ0) is 9.94. The Morgan fingerprint density at radius 3 is 1.75 bits per heavy atom. The second-order valence-corrected chi connectivity index (χ2v) is 3.21. The van der Waals surface area contributed by atoms with Gasteiger partial charge in [-0.3, -0.25) is 0 Å². The Bertz CT molecular complexity index is 196. The third kappa shape index (κ3) is 3.09. The molecule has 0 radical (unpaired) electrons. The van der Waals surface area contributed by atoms with Crippen molar-refractivity contribution in [1.29, 1.82) is 0 Å². The fraction of sp³-hybridized carbons (Fsp3) is 0.667. The minimum atomic E-state index is -1.40. The molecule has 0 aliphatic rings. The predicted molar refractivity (Wildman–Crippen MR) is 40.8 cm³/mol. The van der Waals surface area contributed by atoms with Gasteiger partial charge < -0.3 is 10.2 Å². The molecule has 70 valence electrons. The van der Waals surface area contributed by atoms with Gasteiger partial charge in [-0.1, -0.05) is 0 Å². The van der Waals surface area contributed by atoms with E-state index in [1.165, 1.54) is 0 Å². The Morgan fingerprint density at radius 1 is 1.25 bits per heavy atom. The molecule has 0 aromatic carbocycles. The van der Waals surface area contributed by atoms with Gasteiger partial charge in [-0.05, 0) is 20.8 Å². The summed E-state index contributed by atoms with van der Waals surface area (Å²) in [5.41, 5.74) is 0.982. The summed E-state index contributed by atoms with van der Waals surface area (Å²) in [7, 11) is 0. The minimum absolute atomic E-state index is 0.620. The summed E-state index contributed by atoms with van der Waals surface area (Å²) in [5.74, 6) is 0. The van der Waals surface area contributed by atoms with Gasteiger partial charge in [-0.25, -0.2) is 20.0 Å². The molecule has 2 amide bonds. The lowest BCUT2D eigenvalue weighted by Crippen LogP contribution is -2.55. The molecule has 0 atom stereocenters. The van der Waals surface area contributed by atoms with Crippen molar-refractivity contribution < 1.29 is 19.8 Å². The van der Waals surface area contributed by atoms with Crippen LogP contribution >= 0.6 is 0 Å². The van der Waals surface area contributed by atoms with Crippen LogP contribution in [0.3, 0.4) is 0 Å². The number of rotatable bonds is 0. The van der Waals surface area contributed by atoms with Crippen LogP contribution < -0.4 is 5.43 Å². The summed E-state index contributed by atoms with van der Waals surface area (Å²) in [4.78, 5) is 20.6. The molecule has 0 aromatic rings. The Kier molecular flexibility index (Phi) is 2.89. The summed E-state index contributed by atoms with van der Waals surface area (Å²) < 4.78 is 0. The fourth-order valence-electron chi connectivity index (χ4n) is 0.598. The van der Waals surface area contributed by atoms with E-state index in [0.717, 1.165) is 0 Å². The molecule has 3 N–H and O–H groups in total. The van der Waals surface area contributed by atoms with Crippen molar-refractivity contribution in [2.45, 2.75) is 26.3 Å². The molecular formula is C6H12N2O4. The lowest BCUT2D eigenvalue weighted by Gasteiger charge is -2.31. The molecule has 0 heterocycles. The molecule has 0 spiro atoms. The first-order chi connectivity index (χ1) is 5.25. The molecule has 6 nitrogen and oxygen atoms in total. The van der Waals surface area contributed by atoms with Gasteiger partial charge in [0, 0.05) is 0 Å². The van der Waals surface area contributed by atoms with E-state index < -0.39 is 17.7 Å². The van der Waals surface area contributed by atoms with Gasteiger partial charge in [0.25, 0.3) is 0 Å². The van der Waals surface area contributed by atoms with Crippen LogP contribution in [0.5, 0.6) is 0 Å². The molecule has 0 saturated heterocycles. The molecule has 0 unspecified atom stereocenters. The largest absolute Gasteiger partial charge is 0.464 e. The molecule has 0 fully saturated rings. The lowest BCUT2D eigenvalue weighted by atomic mass is 10.1. The molecule has 0 aliphatic heterocycles. The van der Waals surface area contributed by atoms with Crippen molar-refractivity contribution in [3.63, 3.8) is 0 Å². The summed E-state index contributed by atoms with van der Waals surface area (Å²) in [6.45, 7) is 4.74. The summed E-state index contributed by atoms with van der Waals surface area (Å²) in [6.07, 6.45) is -2.72. The van der Waals surface area contributed by atoms with E-state index in [-0.39, 0.29) is 0 Å². The van der Waals surface area contributed by atoms with E-state index in [0.29, 0.717) is 5.01 Å². The summed E-state index contributed by atoms with van der Waals surface area (Å²) >= 11 is 0. The molecular weight excluding hydrogens is 164 g/mol. The van der Waals surface area contributed by atoms with Crippen molar-refractivity contribution in [3.8, 4) is 0 Å². The minimum Gasteiger partial charge on any atom is -0.464 e. The molecule has 0 rings (SSSR count). The van der Waals surface area contributed by atoms with E-state index in [9.17, 15) is 9.59 Å². The van der Waals surface area contributed by atoms with Crippen molar-refractivity contribution in [2.24, 2.45) is 0 Å². The monoisotopic (exact) mass is 176 g/mol. The van der Waals surface area contributed by atoms with Crippen LogP contribution in [0.4, 0.5) is 9.59 Å². The molecule has 12 heavy (non-hydrogen) atoms. The normalized spacial score (nSPS) is 10.6. The van der Waals surface area contributed by atoms with Crippen LogP contribution in [0.1, 0.15) is 20.8 Å². The lowest BCUT2D eigenvalue weighted by molar-refractivity contribution is 0.0619. The average molecular weight is 176 g/mol. The number of hydrogen-bond donors (Lipinski definition) is 3. The van der Waals surface area contributed by atoms with E-state index in [4.69, 9.17) is 10.2 Å². The first-order valence-electron chi connectivity index (χ1n) is 3.28. The molecule has 0 aliphatic carbocycles. The number of hydrazine groups is 1. The van der Waals surface area contributed by atoms with Gasteiger partial charge in [0.15, 0.2) is 0 Å². The van der Waals surface area contributed by atoms with Crippen molar-refractivity contribution in [1.82, 2.24) is 10.4 Å². The van der Waals surface area contributed by atoms with Crippen LogP contribution in [0.25, 0.3) is 0 Å². The summed E-state index contributed by atoms with van der Waals surface area (Å²) in [6, 6.07) is 0. The van der Waals surface area contributed by atoms with Crippen LogP contribution in [-0.2, 0) is 0 Å². The number of amides is 2. The number of hydrogen-bond acceptors (Lipinski definition) is 2. The van der Waals surface area contributed by atoms with E-state index in [1.807, 2.05) is 0 Å². The van der Waals surface area contributed by atoms with Gasteiger partial charge in [-0.2, -0.15) is 0 Å². The average Bonchev–Trinajstić information content (AvgIpc) is 1.79. The predicted octanol–water partition coefficient (Wildman–Crippen LogP) is 0.948. The Hall–Kier alpha value is -1.46. The van der Waals surface area contributed by atoms with Crippen molar-refractivity contribution >= 4 is 12.2 Å². The van der Waals surface area contributed by atoms with E-state index in [2.05, 4.69) is 0 Å². The second-order valence-electron chi connectivity index (χ2n) is 3.21. The smallest absolute Gasteiger partial charge is 0.426 e. The Balaban J connectivity index is 4.46. The molecule has 0 bridgehead atoms. The highest BCUT2D eigenvalue weighted by Gasteiger charge is 2.27. The van der Waals surface area contributed by atoms with Gasteiger partial charge in [-0.15, -0.1) is 0 Å². The molecule has 0 saturated carbocycles. The van der Waals surface area contributed by atoms with E-state index >= 15 is 0 Å². The highest BCUT2D eigenvalue weighted by atomic mass is 16.4. The maximum absolute atomic E-state index is 10.5. The van der Waals surface area contributed by atoms with Crippen LogP contribution in [0.15, 0.2) is 0 Å². The van der Waals surface area contributed by atoms with Crippen LogP contribution in [0.2, 0.25) is 0 Å². The number of nitrogens with zero attached hydrogens (tertiary/aromatic N) is 1. The number of carbonyl (C=O) groups is 2. The van der Waals surface area contributed by atoms with Crippen molar-refractivity contribution in [2.75, 3.05) is 0 Å².